The van der Waals surface area contributed by atoms with E-state index >= 15 is 0 Å². The number of carbonyl (C=O) groups excluding carboxylic acids is 1. The highest BCUT2D eigenvalue weighted by Crippen LogP contribution is 2.19. The summed E-state index contributed by atoms with van der Waals surface area (Å²) in [5.41, 5.74) is 5.25. The van der Waals surface area contributed by atoms with E-state index in [0.29, 0.717) is 6.42 Å². The minimum absolute atomic E-state index is 0.240. The number of thioether (sulfide) groups is 1. The van der Waals surface area contributed by atoms with Gasteiger partial charge in [0, 0.05) is 5.75 Å². The number of nitrogens with one attached hydrogen (secondary N) is 1. The Kier molecular flexibility index (Phi) is 5.59. The molecule has 1 unspecified atom stereocenters. The van der Waals surface area contributed by atoms with Gasteiger partial charge in [-0.05, 0) is 24.5 Å². The number of hydrogen-bond acceptors (Lipinski definition) is 6. The molecule has 0 aliphatic carbocycles. The van der Waals surface area contributed by atoms with E-state index in [9.17, 15) is 4.79 Å². The highest BCUT2D eigenvalue weighted by molar-refractivity contribution is 8.00. The lowest BCUT2D eigenvalue weighted by atomic mass is 10.2. The van der Waals surface area contributed by atoms with Crippen molar-refractivity contribution in [3.63, 3.8) is 0 Å². The van der Waals surface area contributed by atoms with Crippen LogP contribution in [0, 0.1) is 0 Å². The first-order chi connectivity index (χ1) is 7.24. The van der Waals surface area contributed by atoms with Crippen LogP contribution in [0.2, 0.25) is 0 Å². The molecule has 1 rings (SSSR count). The second kappa shape index (κ2) is 6.76. The molecule has 1 heterocycles. The maximum atomic E-state index is 11.0. The normalized spacial score (nSPS) is 12.6. The van der Waals surface area contributed by atoms with Crippen molar-refractivity contribution in [1.82, 2.24) is 14.7 Å². The number of nitrogens with two attached hydrogens (primary N) is 1. The number of nitrogens with zero attached hydrogens (tertiary/aromatic N) is 2. The predicted octanol–water partition coefficient (Wildman–Crippen LogP) is 0.484. The van der Waals surface area contributed by atoms with E-state index in [-0.39, 0.29) is 11.9 Å². The first-order valence-electron chi connectivity index (χ1n) is 4.66. The van der Waals surface area contributed by atoms with E-state index < -0.39 is 0 Å². The van der Waals surface area contributed by atoms with Crippen LogP contribution in [0.5, 0.6) is 0 Å². The van der Waals surface area contributed by atoms with E-state index in [4.69, 9.17) is 5.73 Å². The second-order valence-corrected chi connectivity index (χ2v) is 4.98. The molecule has 1 aromatic rings. The monoisotopic (exact) mass is 246 g/mol. The Morgan fingerprint density at radius 1 is 1.80 bits per heavy atom. The Morgan fingerprint density at radius 3 is 3.13 bits per heavy atom. The quantitative estimate of drug-likeness (QED) is 0.684. The molecule has 1 aromatic heterocycles. The van der Waals surface area contributed by atoms with Crippen molar-refractivity contribution < 1.29 is 4.79 Å². The average Bonchev–Trinajstić information content (AvgIpc) is 2.69. The van der Waals surface area contributed by atoms with Gasteiger partial charge in [0.15, 0.2) is 4.34 Å². The smallest absolute Gasteiger partial charge is 0.234 e. The maximum absolute atomic E-state index is 11.0. The van der Waals surface area contributed by atoms with Gasteiger partial charge >= 0.3 is 0 Å². The summed E-state index contributed by atoms with van der Waals surface area (Å²) in [6, 6.07) is -0.240. The minimum Gasteiger partial charge on any atom is -0.368 e. The summed E-state index contributed by atoms with van der Waals surface area (Å²) >= 11 is 2.96. The van der Waals surface area contributed by atoms with Crippen LogP contribution in [0.1, 0.15) is 13.3 Å². The predicted molar refractivity (Wildman–Crippen MR) is 61.9 cm³/mol. The molecular formula is C8H14N4OS2. The van der Waals surface area contributed by atoms with Crippen LogP contribution >= 0.6 is 23.3 Å². The molecule has 0 aliphatic rings. The summed E-state index contributed by atoms with van der Waals surface area (Å²) in [4.78, 5) is 15.0. The Hall–Kier alpha value is -0.660. The molecule has 5 nitrogen and oxygen atoms in total. The van der Waals surface area contributed by atoms with Crippen molar-refractivity contribution in [3.05, 3.63) is 6.33 Å². The molecular weight excluding hydrogens is 232 g/mol. The molecule has 15 heavy (non-hydrogen) atoms. The first-order valence-corrected chi connectivity index (χ1v) is 6.42. The Bertz CT molecular complexity index is 291. The summed E-state index contributed by atoms with van der Waals surface area (Å²) < 4.78 is 4.82. The van der Waals surface area contributed by atoms with E-state index in [1.807, 2.05) is 6.92 Å². The lowest BCUT2D eigenvalue weighted by molar-refractivity contribution is -0.120. The van der Waals surface area contributed by atoms with Gasteiger partial charge < -0.3 is 11.1 Å². The van der Waals surface area contributed by atoms with Crippen molar-refractivity contribution in [2.75, 3.05) is 12.3 Å². The standard InChI is InChI=1S/C8H14N4OS2/c1-2-10-6(7(9)13)3-4-14-8-11-5-12-15-8/h5-6,10H,2-4H2,1H3,(H2,9,13). The number of carbonyl (C=O) groups is 1. The lowest BCUT2D eigenvalue weighted by Gasteiger charge is -2.12. The second-order valence-electron chi connectivity index (χ2n) is 2.86. The number of rotatable bonds is 7. The highest BCUT2D eigenvalue weighted by atomic mass is 32.2. The van der Waals surface area contributed by atoms with Crippen LogP contribution in [0.25, 0.3) is 0 Å². The van der Waals surface area contributed by atoms with Crippen LogP contribution in [0.3, 0.4) is 0 Å². The fourth-order valence-corrected chi connectivity index (χ4v) is 2.60. The van der Waals surface area contributed by atoms with Crippen LogP contribution in [-0.4, -0.2) is 33.6 Å². The molecule has 0 radical (unpaired) electrons. The van der Waals surface area contributed by atoms with Crippen molar-refractivity contribution in [2.24, 2.45) is 5.73 Å². The Labute approximate surface area is 97.0 Å². The lowest BCUT2D eigenvalue weighted by Crippen LogP contribution is -2.41. The summed E-state index contributed by atoms with van der Waals surface area (Å²) in [6.45, 7) is 2.70. The molecule has 7 heteroatoms. The molecule has 0 bridgehead atoms. The highest BCUT2D eigenvalue weighted by Gasteiger charge is 2.13. The minimum atomic E-state index is -0.297. The van der Waals surface area contributed by atoms with Gasteiger partial charge in [-0.3, -0.25) is 4.79 Å². The van der Waals surface area contributed by atoms with Gasteiger partial charge in [-0.25, -0.2) is 4.98 Å². The summed E-state index contributed by atoms with van der Waals surface area (Å²) in [6.07, 6.45) is 2.25. The molecule has 0 fully saturated rings. The van der Waals surface area contributed by atoms with Crippen molar-refractivity contribution in [1.29, 1.82) is 0 Å². The van der Waals surface area contributed by atoms with Crippen molar-refractivity contribution >= 4 is 29.2 Å². The number of amides is 1. The topological polar surface area (TPSA) is 80.9 Å². The first kappa shape index (κ1) is 12.4. The molecule has 0 saturated heterocycles. The Balaban J connectivity index is 2.25. The third kappa shape index (κ3) is 4.59. The Morgan fingerprint density at radius 2 is 2.60 bits per heavy atom. The third-order valence-electron chi connectivity index (χ3n) is 1.77. The van der Waals surface area contributed by atoms with Gasteiger partial charge in [0.1, 0.15) is 6.33 Å². The average molecular weight is 246 g/mol. The van der Waals surface area contributed by atoms with Gasteiger partial charge in [-0.2, -0.15) is 4.37 Å². The zero-order valence-corrected chi connectivity index (χ0v) is 10.1. The summed E-state index contributed by atoms with van der Waals surface area (Å²) in [7, 11) is 0. The fraction of sp³-hybridized carbons (Fsp3) is 0.625. The van der Waals surface area contributed by atoms with E-state index in [1.54, 1.807) is 11.8 Å². The maximum Gasteiger partial charge on any atom is 0.234 e. The third-order valence-corrected chi connectivity index (χ3v) is 3.60. The van der Waals surface area contributed by atoms with E-state index in [2.05, 4.69) is 14.7 Å². The van der Waals surface area contributed by atoms with Crippen LogP contribution in [0.15, 0.2) is 10.7 Å². The number of likely N-dealkylation sites (N-methyl/N-ethyl adjacent to an activating group) is 1. The SMILES string of the molecule is CCNC(CCSc1ncns1)C(N)=O. The summed E-state index contributed by atoms with van der Waals surface area (Å²) in [5, 5.41) is 3.04. The van der Waals surface area contributed by atoms with E-state index in [0.717, 1.165) is 16.6 Å². The fourth-order valence-electron chi connectivity index (χ4n) is 1.08. The van der Waals surface area contributed by atoms with Crippen molar-refractivity contribution in [2.45, 2.75) is 23.7 Å². The number of aromatic nitrogens is 2. The molecule has 0 aliphatic heterocycles. The molecule has 1 atom stereocenters. The van der Waals surface area contributed by atoms with Crippen LogP contribution < -0.4 is 11.1 Å². The van der Waals surface area contributed by atoms with Gasteiger partial charge in [-0.1, -0.05) is 18.7 Å². The van der Waals surface area contributed by atoms with Gasteiger partial charge in [0.05, 0.1) is 6.04 Å². The van der Waals surface area contributed by atoms with Gasteiger partial charge in [0.25, 0.3) is 0 Å². The molecule has 0 spiro atoms. The zero-order chi connectivity index (χ0) is 11.1. The number of hydrogen-bond donors (Lipinski definition) is 2. The largest absolute Gasteiger partial charge is 0.368 e. The van der Waals surface area contributed by atoms with E-state index in [1.165, 1.54) is 17.9 Å². The van der Waals surface area contributed by atoms with Gasteiger partial charge in [0.2, 0.25) is 5.91 Å². The summed E-state index contributed by atoms with van der Waals surface area (Å²) in [5.74, 6) is 0.519. The number of primary amides is 1. The van der Waals surface area contributed by atoms with Crippen molar-refractivity contribution in [3.8, 4) is 0 Å². The van der Waals surface area contributed by atoms with Crippen LogP contribution in [-0.2, 0) is 4.79 Å². The molecule has 0 aromatic carbocycles. The zero-order valence-electron chi connectivity index (χ0n) is 8.47. The molecule has 1 amide bonds. The molecule has 84 valence electrons. The van der Waals surface area contributed by atoms with Crippen LogP contribution in [0.4, 0.5) is 0 Å². The molecule has 3 N–H and O–H groups in total. The molecule has 0 saturated carbocycles. The van der Waals surface area contributed by atoms with Gasteiger partial charge in [-0.15, -0.1) is 0 Å².